The van der Waals surface area contributed by atoms with Gasteiger partial charge in [-0.3, -0.25) is 0 Å². The standard InChI is InChI=1S/C20H20ClF2NO3/c21-16-8-12(9-18-19(16)26-7-6-25-18)11-24-17-3-1-2-13-10-14(27-20(22)23)4-5-15(13)17/h4-5,8-10,17,20,24H,1-3,6-7,11H2/t17-/m0/s1. The van der Waals surface area contributed by atoms with Crippen LogP contribution in [0.25, 0.3) is 0 Å². The summed E-state index contributed by atoms with van der Waals surface area (Å²) < 4.78 is 40.5. The maximum absolute atomic E-state index is 12.4. The number of fused-ring (bicyclic) bond motifs is 2. The number of hydrogen-bond donors (Lipinski definition) is 1. The molecule has 7 heteroatoms. The molecule has 0 radical (unpaired) electrons. The summed E-state index contributed by atoms with van der Waals surface area (Å²) in [5.41, 5.74) is 3.19. The fraction of sp³-hybridized carbons (Fsp3) is 0.400. The van der Waals surface area contributed by atoms with Crippen molar-refractivity contribution in [3.8, 4) is 17.2 Å². The minimum atomic E-state index is -2.81. The first-order valence-electron chi connectivity index (χ1n) is 8.99. The molecule has 0 amide bonds. The van der Waals surface area contributed by atoms with Gasteiger partial charge in [-0.25, -0.2) is 0 Å². The summed E-state index contributed by atoms with van der Waals surface area (Å²) in [6.07, 6.45) is 2.84. The third kappa shape index (κ3) is 4.12. The summed E-state index contributed by atoms with van der Waals surface area (Å²) >= 11 is 6.30. The first kappa shape index (κ1) is 18.3. The van der Waals surface area contributed by atoms with Gasteiger partial charge in [0.2, 0.25) is 0 Å². The van der Waals surface area contributed by atoms with Crippen molar-refractivity contribution in [3.63, 3.8) is 0 Å². The molecule has 0 fully saturated rings. The molecule has 2 aliphatic rings. The first-order chi connectivity index (χ1) is 13.1. The molecular formula is C20H20ClF2NO3. The van der Waals surface area contributed by atoms with E-state index < -0.39 is 6.61 Å². The predicted molar refractivity (Wildman–Crippen MR) is 98.0 cm³/mol. The molecule has 2 aromatic carbocycles. The third-order valence-electron chi connectivity index (χ3n) is 4.86. The van der Waals surface area contributed by atoms with Crippen LogP contribution in [0.4, 0.5) is 8.78 Å². The highest BCUT2D eigenvalue weighted by Crippen LogP contribution is 2.39. The molecule has 0 saturated carbocycles. The normalized spacial score (nSPS) is 18.3. The van der Waals surface area contributed by atoms with E-state index in [-0.39, 0.29) is 11.8 Å². The van der Waals surface area contributed by atoms with E-state index in [0.717, 1.165) is 36.0 Å². The molecule has 0 unspecified atom stereocenters. The molecule has 1 aliphatic heterocycles. The molecule has 1 atom stereocenters. The van der Waals surface area contributed by atoms with Crippen molar-refractivity contribution >= 4 is 11.6 Å². The van der Waals surface area contributed by atoms with E-state index in [0.29, 0.717) is 36.3 Å². The van der Waals surface area contributed by atoms with Gasteiger partial charge < -0.3 is 19.5 Å². The van der Waals surface area contributed by atoms with E-state index in [4.69, 9.17) is 21.1 Å². The number of aryl methyl sites for hydroxylation is 1. The summed E-state index contributed by atoms with van der Waals surface area (Å²) in [6, 6.07) is 9.17. The number of hydrogen-bond acceptors (Lipinski definition) is 4. The zero-order valence-electron chi connectivity index (χ0n) is 14.6. The lowest BCUT2D eigenvalue weighted by atomic mass is 9.87. The monoisotopic (exact) mass is 395 g/mol. The number of alkyl halides is 2. The molecule has 1 N–H and O–H groups in total. The van der Waals surface area contributed by atoms with Crippen molar-refractivity contribution in [1.82, 2.24) is 5.32 Å². The smallest absolute Gasteiger partial charge is 0.387 e. The second-order valence-electron chi connectivity index (χ2n) is 6.67. The summed E-state index contributed by atoms with van der Waals surface area (Å²) in [5.74, 6) is 1.48. The van der Waals surface area contributed by atoms with Crippen LogP contribution in [0.3, 0.4) is 0 Å². The largest absolute Gasteiger partial charge is 0.486 e. The van der Waals surface area contributed by atoms with Gasteiger partial charge in [0, 0.05) is 12.6 Å². The Balaban J connectivity index is 1.48. The summed E-state index contributed by atoms with van der Waals surface area (Å²) in [7, 11) is 0. The predicted octanol–water partition coefficient (Wildman–Crippen LogP) is 4.88. The quantitative estimate of drug-likeness (QED) is 0.783. The Kier molecular flexibility index (Phi) is 5.36. The molecule has 27 heavy (non-hydrogen) atoms. The molecule has 2 aromatic rings. The van der Waals surface area contributed by atoms with Gasteiger partial charge in [-0.15, -0.1) is 0 Å². The SMILES string of the molecule is FC(F)Oc1ccc2c(c1)CCC[C@@H]2NCc1cc(Cl)c2c(c1)OCCO2. The summed E-state index contributed by atoms with van der Waals surface area (Å²) in [6.45, 7) is -1.17. The Bertz CT molecular complexity index is 831. The molecule has 4 rings (SSSR count). The number of nitrogens with one attached hydrogen (secondary N) is 1. The average Bonchev–Trinajstić information content (AvgIpc) is 2.65. The lowest BCUT2D eigenvalue weighted by Gasteiger charge is -2.27. The molecule has 0 bridgehead atoms. The molecule has 144 valence electrons. The first-order valence-corrected chi connectivity index (χ1v) is 9.37. The van der Waals surface area contributed by atoms with Gasteiger partial charge >= 0.3 is 6.61 Å². The molecule has 0 spiro atoms. The Labute approximate surface area is 161 Å². The van der Waals surface area contributed by atoms with Crippen LogP contribution in [-0.4, -0.2) is 19.8 Å². The van der Waals surface area contributed by atoms with Crippen molar-refractivity contribution < 1.29 is 23.0 Å². The average molecular weight is 396 g/mol. The Morgan fingerprint density at radius 3 is 2.89 bits per heavy atom. The van der Waals surface area contributed by atoms with Crippen LogP contribution in [0.1, 0.15) is 35.6 Å². The topological polar surface area (TPSA) is 39.7 Å². The van der Waals surface area contributed by atoms with Gasteiger partial charge in [-0.1, -0.05) is 17.7 Å². The van der Waals surface area contributed by atoms with E-state index in [1.165, 1.54) is 0 Å². The van der Waals surface area contributed by atoms with Crippen molar-refractivity contribution in [2.24, 2.45) is 0 Å². The maximum atomic E-state index is 12.4. The maximum Gasteiger partial charge on any atom is 0.387 e. The minimum absolute atomic E-state index is 0.154. The van der Waals surface area contributed by atoms with Gasteiger partial charge in [-0.05, 0) is 60.2 Å². The molecule has 0 saturated heterocycles. The van der Waals surface area contributed by atoms with Crippen molar-refractivity contribution in [1.29, 1.82) is 0 Å². The van der Waals surface area contributed by atoms with Gasteiger partial charge in [0.1, 0.15) is 19.0 Å². The Hall–Kier alpha value is -2.05. The van der Waals surface area contributed by atoms with Gasteiger partial charge in [-0.2, -0.15) is 8.78 Å². The zero-order valence-corrected chi connectivity index (χ0v) is 15.4. The van der Waals surface area contributed by atoms with E-state index in [9.17, 15) is 8.78 Å². The highest BCUT2D eigenvalue weighted by molar-refractivity contribution is 6.32. The van der Waals surface area contributed by atoms with Crippen LogP contribution in [0.5, 0.6) is 17.2 Å². The minimum Gasteiger partial charge on any atom is -0.486 e. The lowest BCUT2D eigenvalue weighted by molar-refractivity contribution is -0.0499. The number of rotatable bonds is 5. The van der Waals surface area contributed by atoms with E-state index >= 15 is 0 Å². The fourth-order valence-corrected chi connectivity index (χ4v) is 3.97. The molecule has 1 heterocycles. The van der Waals surface area contributed by atoms with Crippen molar-refractivity contribution in [2.45, 2.75) is 38.5 Å². The molecular weight excluding hydrogens is 376 g/mol. The zero-order chi connectivity index (χ0) is 18.8. The second-order valence-corrected chi connectivity index (χ2v) is 7.07. The fourth-order valence-electron chi connectivity index (χ4n) is 3.69. The van der Waals surface area contributed by atoms with Gasteiger partial charge in [0.15, 0.2) is 11.5 Å². The van der Waals surface area contributed by atoms with Crippen LogP contribution in [0.2, 0.25) is 5.02 Å². The van der Waals surface area contributed by atoms with E-state index in [1.54, 1.807) is 12.1 Å². The summed E-state index contributed by atoms with van der Waals surface area (Å²) in [4.78, 5) is 0. The van der Waals surface area contributed by atoms with Crippen LogP contribution >= 0.6 is 11.6 Å². The lowest BCUT2D eigenvalue weighted by Crippen LogP contribution is -2.25. The van der Waals surface area contributed by atoms with E-state index in [1.807, 2.05) is 18.2 Å². The number of benzene rings is 2. The molecule has 4 nitrogen and oxygen atoms in total. The highest BCUT2D eigenvalue weighted by atomic mass is 35.5. The third-order valence-corrected chi connectivity index (χ3v) is 5.14. The van der Waals surface area contributed by atoms with Crippen molar-refractivity contribution in [3.05, 3.63) is 52.0 Å². The molecule has 0 aromatic heterocycles. The van der Waals surface area contributed by atoms with Crippen LogP contribution in [0.15, 0.2) is 30.3 Å². The van der Waals surface area contributed by atoms with Crippen LogP contribution < -0.4 is 19.5 Å². The van der Waals surface area contributed by atoms with Crippen LogP contribution in [-0.2, 0) is 13.0 Å². The van der Waals surface area contributed by atoms with Gasteiger partial charge in [0.25, 0.3) is 0 Å². The van der Waals surface area contributed by atoms with Gasteiger partial charge in [0.05, 0.1) is 5.02 Å². The van der Waals surface area contributed by atoms with E-state index in [2.05, 4.69) is 10.1 Å². The Morgan fingerprint density at radius 2 is 2.04 bits per heavy atom. The highest BCUT2D eigenvalue weighted by Gasteiger charge is 2.22. The van der Waals surface area contributed by atoms with Crippen molar-refractivity contribution in [2.75, 3.05) is 13.2 Å². The summed E-state index contributed by atoms with van der Waals surface area (Å²) in [5, 5.41) is 4.09. The number of ether oxygens (including phenoxy) is 3. The van der Waals surface area contributed by atoms with Crippen LogP contribution in [0, 0.1) is 0 Å². The Morgan fingerprint density at radius 1 is 1.19 bits per heavy atom. The number of halogens is 3. The second kappa shape index (κ2) is 7.90. The molecule has 1 aliphatic carbocycles.